The lowest BCUT2D eigenvalue weighted by Crippen LogP contribution is -2.67. The number of esters is 1. The molecule has 0 radical (unpaired) electrons. The van der Waals surface area contributed by atoms with Crippen molar-refractivity contribution in [3.05, 3.63) is 123 Å². The minimum absolute atomic E-state index is 0.0137. The van der Waals surface area contributed by atoms with Gasteiger partial charge in [-0.2, -0.15) is 0 Å². The molecule has 1 fully saturated rings. The minimum Gasteiger partial charge on any atom is -0.507 e. The summed E-state index contributed by atoms with van der Waals surface area (Å²) in [4.78, 5) is 40.6. The fraction of sp³-hybridized carbons (Fsp3) is 0.237. The van der Waals surface area contributed by atoms with E-state index < -0.39 is 53.7 Å². The lowest BCUT2D eigenvalue weighted by Gasteiger charge is -2.44. The van der Waals surface area contributed by atoms with E-state index in [-0.39, 0.29) is 57.9 Å². The van der Waals surface area contributed by atoms with E-state index in [2.05, 4.69) is 0 Å². The predicted octanol–water partition coefficient (Wildman–Crippen LogP) is 2.87. The number of aliphatic hydroxyl groups excluding tert-OH is 3. The van der Waals surface area contributed by atoms with Crippen molar-refractivity contribution in [2.75, 3.05) is 0 Å². The molecule has 2 aliphatic rings. The van der Waals surface area contributed by atoms with Crippen LogP contribution in [0.3, 0.4) is 0 Å². The van der Waals surface area contributed by atoms with Crippen molar-refractivity contribution < 1.29 is 59.2 Å². The van der Waals surface area contributed by atoms with Gasteiger partial charge in [0.25, 0.3) is 0 Å². The number of carbonyl (C=O) groups is 3. The first-order valence-electron chi connectivity index (χ1n) is 15.7. The van der Waals surface area contributed by atoms with Crippen LogP contribution in [0.1, 0.15) is 73.5 Å². The van der Waals surface area contributed by atoms with Crippen LogP contribution in [0.4, 0.5) is 0 Å². The average Bonchev–Trinajstić information content (AvgIpc) is 3.09. The second-order valence-corrected chi connectivity index (χ2v) is 12.2. The van der Waals surface area contributed by atoms with Crippen molar-refractivity contribution in [1.82, 2.24) is 0 Å². The van der Waals surface area contributed by atoms with E-state index >= 15 is 0 Å². The summed E-state index contributed by atoms with van der Waals surface area (Å²) in [5.74, 6) is -5.98. The fourth-order valence-electron chi connectivity index (χ4n) is 6.17. The molecule has 4 aromatic rings. The van der Waals surface area contributed by atoms with Gasteiger partial charge in [0, 0.05) is 41.2 Å². The van der Waals surface area contributed by atoms with Crippen molar-refractivity contribution in [2.45, 2.75) is 57.3 Å². The van der Waals surface area contributed by atoms with Crippen LogP contribution in [0, 0.1) is 0 Å². The number of ketones is 2. The molecule has 6 N–H and O–H groups in total. The summed E-state index contributed by atoms with van der Waals surface area (Å²) in [6.45, 7) is 2.25. The van der Waals surface area contributed by atoms with E-state index in [1.165, 1.54) is 32.0 Å². The first-order valence-corrected chi connectivity index (χ1v) is 15.7. The number of ether oxygens (including phenoxy) is 3. The molecule has 4 aromatic carbocycles. The van der Waals surface area contributed by atoms with Crippen LogP contribution in [0.25, 0.3) is 12.2 Å². The van der Waals surface area contributed by atoms with Gasteiger partial charge in [0.2, 0.25) is 12.1 Å². The van der Waals surface area contributed by atoms with E-state index in [1.807, 2.05) is 30.3 Å². The Labute approximate surface area is 286 Å². The Morgan fingerprint density at radius 1 is 0.860 bits per heavy atom. The summed E-state index contributed by atoms with van der Waals surface area (Å²) in [6, 6.07) is 19.7. The third-order valence-electron chi connectivity index (χ3n) is 8.73. The zero-order valence-electron chi connectivity index (χ0n) is 26.9. The molecule has 12 heteroatoms. The first kappa shape index (κ1) is 34.6. The van der Waals surface area contributed by atoms with Crippen LogP contribution >= 0.6 is 0 Å². The van der Waals surface area contributed by atoms with Crippen molar-refractivity contribution in [2.24, 2.45) is 0 Å². The molecule has 4 unspecified atom stereocenters. The summed E-state index contributed by atoms with van der Waals surface area (Å²) in [6.07, 6.45) is -4.04. The van der Waals surface area contributed by atoms with Gasteiger partial charge in [-0.15, -0.1) is 0 Å². The highest BCUT2D eigenvalue weighted by atomic mass is 16.7. The predicted molar refractivity (Wildman–Crippen MR) is 177 cm³/mol. The number of aliphatic hydroxyl groups is 5. The molecule has 1 aliphatic heterocycles. The van der Waals surface area contributed by atoms with E-state index in [0.29, 0.717) is 11.1 Å². The maximum Gasteiger partial charge on any atom is 0.308 e. The molecule has 0 spiro atoms. The van der Waals surface area contributed by atoms with Crippen molar-refractivity contribution >= 4 is 29.7 Å². The SMILES string of the molecule is CC(=O)Oc1ccc2c(c1C=Cc1ccccc1)C(=O)c1cc(OC3OC(C)C(O)C(O)(O)C3O)c(Cc3cccc(CO)c3)c(O)c1C2=O. The number of aromatic hydroxyl groups is 1. The summed E-state index contributed by atoms with van der Waals surface area (Å²) in [7, 11) is 0. The topological polar surface area (TPSA) is 200 Å². The fourth-order valence-corrected chi connectivity index (χ4v) is 6.17. The standard InChI is InChI=1S/C38H34O12/c1-19-35(44)38(46,47)36(45)37(48-19)50-29-17-27-31(33(42)26(29)16-22-9-6-10-23(15-22)18-39)32(41)25-13-14-28(49-20(2)40)24(30(25)34(27)43)12-11-21-7-4-3-5-8-21/h3-15,17,19,35-37,39,42,44-47H,16,18H2,1-2H3. The van der Waals surface area contributed by atoms with Gasteiger partial charge in [-0.25, -0.2) is 0 Å². The molecule has 6 rings (SSSR count). The van der Waals surface area contributed by atoms with Crippen molar-refractivity contribution in [1.29, 1.82) is 0 Å². The summed E-state index contributed by atoms with van der Waals surface area (Å²) < 4.78 is 16.9. The molecular weight excluding hydrogens is 648 g/mol. The molecule has 0 saturated carbocycles. The molecular formula is C38H34O12. The van der Waals surface area contributed by atoms with Gasteiger partial charge >= 0.3 is 5.97 Å². The number of rotatable bonds is 8. The molecule has 0 amide bonds. The summed E-state index contributed by atoms with van der Waals surface area (Å²) in [5.41, 5.74) is 1.24. The molecule has 4 atom stereocenters. The van der Waals surface area contributed by atoms with Crippen LogP contribution in [-0.2, 0) is 22.6 Å². The van der Waals surface area contributed by atoms with Gasteiger partial charge in [-0.3, -0.25) is 14.4 Å². The second kappa shape index (κ2) is 13.6. The van der Waals surface area contributed by atoms with Crippen LogP contribution in [0.15, 0.2) is 72.8 Å². The van der Waals surface area contributed by atoms with Crippen LogP contribution in [-0.4, -0.2) is 78.6 Å². The van der Waals surface area contributed by atoms with Gasteiger partial charge < -0.3 is 44.8 Å². The normalized spacial score (nSPS) is 21.1. The van der Waals surface area contributed by atoms with Gasteiger partial charge in [0.15, 0.2) is 17.7 Å². The second-order valence-electron chi connectivity index (χ2n) is 12.2. The third-order valence-corrected chi connectivity index (χ3v) is 8.73. The largest absolute Gasteiger partial charge is 0.507 e. The Balaban J connectivity index is 1.52. The molecule has 1 saturated heterocycles. The zero-order valence-corrected chi connectivity index (χ0v) is 26.9. The molecule has 1 aliphatic carbocycles. The Hall–Kier alpha value is -5.21. The third kappa shape index (κ3) is 6.31. The molecule has 1 heterocycles. The van der Waals surface area contributed by atoms with Crippen molar-refractivity contribution in [3.8, 4) is 17.2 Å². The number of phenolic OH excluding ortho intramolecular Hbond substituents is 1. The number of carbonyl (C=O) groups excluding carboxylic acids is 3. The van der Waals surface area contributed by atoms with E-state index in [4.69, 9.17) is 14.2 Å². The zero-order chi connectivity index (χ0) is 35.9. The number of hydrogen-bond acceptors (Lipinski definition) is 12. The van der Waals surface area contributed by atoms with Gasteiger partial charge in [0.1, 0.15) is 23.4 Å². The number of hydrogen-bond donors (Lipinski definition) is 6. The van der Waals surface area contributed by atoms with Crippen LogP contribution in [0.2, 0.25) is 0 Å². The highest BCUT2D eigenvalue weighted by Gasteiger charge is 2.54. The lowest BCUT2D eigenvalue weighted by molar-refractivity contribution is -0.371. The van der Waals surface area contributed by atoms with Gasteiger partial charge in [0.05, 0.1) is 18.3 Å². The maximum absolute atomic E-state index is 14.4. The Morgan fingerprint density at radius 2 is 1.56 bits per heavy atom. The Kier molecular flexibility index (Phi) is 9.42. The van der Waals surface area contributed by atoms with E-state index in [0.717, 1.165) is 5.56 Å². The maximum atomic E-state index is 14.4. The quantitative estimate of drug-likeness (QED) is 0.0606. The summed E-state index contributed by atoms with van der Waals surface area (Å²) in [5, 5.41) is 63.3. The molecule has 12 nitrogen and oxygen atoms in total. The smallest absolute Gasteiger partial charge is 0.308 e. The van der Waals surface area contributed by atoms with Crippen LogP contribution < -0.4 is 9.47 Å². The number of phenols is 1. The average molecular weight is 683 g/mol. The highest BCUT2D eigenvalue weighted by Crippen LogP contribution is 2.44. The first-order chi connectivity index (χ1) is 23.8. The highest BCUT2D eigenvalue weighted by molar-refractivity contribution is 6.31. The van der Waals surface area contributed by atoms with Gasteiger partial charge in [-0.05, 0) is 47.9 Å². The van der Waals surface area contributed by atoms with Crippen LogP contribution in [0.5, 0.6) is 17.2 Å². The van der Waals surface area contributed by atoms with Gasteiger partial charge in [-0.1, -0.05) is 60.7 Å². The van der Waals surface area contributed by atoms with E-state index in [9.17, 15) is 45.0 Å². The number of fused-ring (bicyclic) bond motifs is 2. The monoisotopic (exact) mass is 682 g/mol. The molecule has 0 bridgehead atoms. The molecule has 258 valence electrons. The Morgan fingerprint density at radius 3 is 2.26 bits per heavy atom. The summed E-state index contributed by atoms with van der Waals surface area (Å²) >= 11 is 0. The minimum atomic E-state index is -3.05. The van der Waals surface area contributed by atoms with Crippen molar-refractivity contribution in [3.63, 3.8) is 0 Å². The molecule has 0 aromatic heterocycles. The number of benzene rings is 4. The lowest BCUT2D eigenvalue weighted by atomic mass is 9.79. The van der Waals surface area contributed by atoms with E-state index in [1.54, 1.807) is 36.4 Å². The molecule has 50 heavy (non-hydrogen) atoms. The Bertz CT molecular complexity index is 2020.